The molecule has 21 heavy (non-hydrogen) atoms. The van der Waals surface area contributed by atoms with E-state index in [4.69, 9.17) is 5.11 Å². The first-order valence-corrected chi connectivity index (χ1v) is 8.44. The number of hydrogen-bond acceptors (Lipinski definition) is 3. The number of amides is 1. The van der Waals surface area contributed by atoms with Crippen molar-refractivity contribution >= 4 is 17.7 Å². The van der Waals surface area contributed by atoms with Crippen LogP contribution in [0.1, 0.15) is 41.6 Å². The van der Waals surface area contributed by atoms with Gasteiger partial charge in [0.05, 0.1) is 6.61 Å². The fraction of sp³-hybridized carbons (Fsp3) is 0.471. The molecule has 1 fully saturated rings. The van der Waals surface area contributed by atoms with E-state index in [1.807, 2.05) is 23.9 Å². The molecule has 0 saturated carbocycles. The van der Waals surface area contributed by atoms with Crippen molar-refractivity contribution < 1.29 is 9.90 Å². The van der Waals surface area contributed by atoms with Crippen molar-refractivity contribution in [2.75, 3.05) is 18.9 Å². The topological polar surface area (TPSA) is 49.3 Å². The maximum absolute atomic E-state index is 12.1. The van der Waals surface area contributed by atoms with Gasteiger partial charge in [0.25, 0.3) is 5.91 Å². The van der Waals surface area contributed by atoms with E-state index in [-0.39, 0.29) is 12.5 Å². The number of thioether (sulfide) groups is 1. The molecule has 0 radical (unpaired) electrons. The molecule has 1 aliphatic rings. The molecule has 1 heterocycles. The van der Waals surface area contributed by atoms with E-state index in [1.54, 1.807) is 12.1 Å². The van der Waals surface area contributed by atoms with Crippen LogP contribution in [0, 0.1) is 11.8 Å². The van der Waals surface area contributed by atoms with E-state index < -0.39 is 0 Å². The van der Waals surface area contributed by atoms with Crippen molar-refractivity contribution in [1.29, 1.82) is 0 Å². The number of hydrogen-bond donors (Lipinski definition) is 2. The number of nitrogens with one attached hydrogen (secondary N) is 1. The third-order valence-electron chi connectivity index (χ3n) is 3.38. The molecule has 1 aliphatic heterocycles. The van der Waals surface area contributed by atoms with E-state index in [2.05, 4.69) is 17.2 Å². The van der Waals surface area contributed by atoms with Gasteiger partial charge in [0, 0.05) is 29.3 Å². The second kappa shape index (κ2) is 8.76. The van der Waals surface area contributed by atoms with Crippen molar-refractivity contribution in [3.8, 4) is 11.8 Å². The number of aliphatic hydroxyl groups is 1. The van der Waals surface area contributed by atoms with Crippen molar-refractivity contribution in [2.24, 2.45) is 0 Å². The van der Waals surface area contributed by atoms with Gasteiger partial charge in [0.1, 0.15) is 0 Å². The average molecular weight is 303 g/mol. The summed E-state index contributed by atoms with van der Waals surface area (Å²) in [5.41, 5.74) is 1.53. The summed E-state index contributed by atoms with van der Waals surface area (Å²) in [6.45, 7) is 0.828. The van der Waals surface area contributed by atoms with Crippen LogP contribution in [0.2, 0.25) is 0 Å². The van der Waals surface area contributed by atoms with E-state index in [0.29, 0.717) is 17.2 Å². The first-order chi connectivity index (χ1) is 10.3. The fourth-order valence-electron chi connectivity index (χ4n) is 2.20. The predicted octanol–water partition coefficient (Wildman–Crippen LogP) is 2.44. The Morgan fingerprint density at radius 2 is 2.14 bits per heavy atom. The monoisotopic (exact) mass is 303 g/mol. The van der Waals surface area contributed by atoms with Crippen molar-refractivity contribution in [1.82, 2.24) is 5.32 Å². The zero-order chi connectivity index (χ0) is 14.9. The summed E-state index contributed by atoms with van der Waals surface area (Å²) >= 11 is 1.96. The van der Waals surface area contributed by atoms with Gasteiger partial charge in [0.2, 0.25) is 0 Å². The molecule has 1 amide bonds. The van der Waals surface area contributed by atoms with Gasteiger partial charge in [-0.25, -0.2) is 0 Å². The minimum Gasteiger partial charge on any atom is -0.395 e. The second-order valence-electron chi connectivity index (χ2n) is 5.05. The molecular formula is C17H21NO2S. The van der Waals surface area contributed by atoms with Crippen LogP contribution in [0.5, 0.6) is 0 Å². The van der Waals surface area contributed by atoms with Crippen molar-refractivity contribution in [3.05, 3.63) is 35.4 Å². The molecule has 3 nitrogen and oxygen atoms in total. The quantitative estimate of drug-likeness (QED) is 0.840. The van der Waals surface area contributed by atoms with Crippen LogP contribution in [0.3, 0.4) is 0 Å². The van der Waals surface area contributed by atoms with Crippen LogP contribution in [0.4, 0.5) is 0 Å². The van der Waals surface area contributed by atoms with Gasteiger partial charge in [0.15, 0.2) is 0 Å². The molecule has 0 aromatic heterocycles. The van der Waals surface area contributed by atoms with Crippen molar-refractivity contribution in [2.45, 2.75) is 30.9 Å². The lowest BCUT2D eigenvalue weighted by molar-refractivity contribution is 0.0953. The van der Waals surface area contributed by atoms with E-state index >= 15 is 0 Å². The largest absolute Gasteiger partial charge is 0.395 e. The molecular weight excluding hydrogens is 282 g/mol. The van der Waals surface area contributed by atoms with E-state index in [0.717, 1.165) is 12.1 Å². The smallest absolute Gasteiger partial charge is 0.251 e. The molecule has 4 heteroatoms. The third-order valence-corrected chi connectivity index (χ3v) is 4.78. The first-order valence-electron chi connectivity index (χ1n) is 7.39. The first kappa shape index (κ1) is 15.9. The van der Waals surface area contributed by atoms with Crippen LogP contribution in [-0.4, -0.2) is 35.2 Å². The molecule has 0 bridgehead atoms. The Hall–Kier alpha value is -1.44. The highest BCUT2D eigenvalue weighted by molar-refractivity contribution is 7.99. The number of benzene rings is 1. The lowest BCUT2D eigenvalue weighted by Crippen LogP contribution is -2.31. The summed E-state index contributed by atoms with van der Waals surface area (Å²) in [6.07, 6.45) is 4.24. The van der Waals surface area contributed by atoms with Crippen LogP contribution in [0.15, 0.2) is 24.3 Å². The third kappa shape index (κ3) is 5.45. The molecule has 0 spiro atoms. The summed E-state index contributed by atoms with van der Waals surface area (Å²) in [5, 5.41) is 12.2. The summed E-state index contributed by atoms with van der Waals surface area (Å²) in [4.78, 5) is 12.1. The highest BCUT2D eigenvalue weighted by Gasteiger charge is 2.15. The SMILES string of the molecule is O=C(NCC1CCCCS1)c1ccc(C#CCCO)cc1. The minimum absolute atomic E-state index is 0.0176. The lowest BCUT2D eigenvalue weighted by Gasteiger charge is -2.21. The molecule has 1 aromatic carbocycles. The molecule has 2 rings (SSSR count). The molecule has 1 saturated heterocycles. The van der Waals surface area contributed by atoms with Gasteiger partial charge in [-0.1, -0.05) is 18.3 Å². The van der Waals surface area contributed by atoms with E-state index in [1.165, 1.54) is 25.0 Å². The number of rotatable bonds is 4. The highest BCUT2D eigenvalue weighted by Crippen LogP contribution is 2.24. The number of carbonyl (C=O) groups excluding carboxylic acids is 1. The number of carbonyl (C=O) groups is 1. The van der Waals surface area contributed by atoms with E-state index in [9.17, 15) is 4.79 Å². The van der Waals surface area contributed by atoms with Gasteiger partial charge >= 0.3 is 0 Å². The van der Waals surface area contributed by atoms with Gasteiger partial charge in [-0.2, -0.15) is 11.8 Å². The zero-order valence-corrected chi connectivity index (χ0v) is 12.9. The molecule has 2 N–H and O–H groups in total. The minimum atomic E-state index is -0.0176. The van der Waals surface area contributed by atoms with Crippen LogP contribution < -0.4 is 5.32 Å². The lowest BCUT2D eigenvalue weighted by atomic mass is 10.1. The maximum Gasteiger partial charge on any atom is 0.251 e. The Morgan fingerprint density at radius 1 is 1.33 bits per heavy atom. The van der Waals surface area contributed by atoms with Gasteiger partial charge in [-0.3, -0.25) is 4.79 Å². The van der Waals surface area contributed by atoms with Gasteiger partial charge in [-0.05, 0) is 42.9 Å². The standard InChI is InChI=1S/C17H21NO2S/c19-11-3-1-5-14-7-9-15(10-8-14)17(20)18-13-16-6-2-4-12-21-16/h7-10,16,19H,2-4,6,11-13H2,(H,18,20). The summed E-state index contributed by atoms with van der Waals surface area (Å²) < 4.78 is 0. The molecule has 1 aromatic rings. The Balaban J connectivity index is 1.83. The van der Waals surface area contributed by atoms with Gasteiger partial charge < -0.3 is 10.4 Å². The zero-order valence-electron chi connectivity index (χ0n) is 12.1. The Labute approximate surface area is 130 Å². The summed E-state index contributed by atoms with van der Waals surface area (Å²) in [6, 6.07) is 7.28. The Kier molecular flexibility index (Phi) is 6.65. The Morgan fingerprint density at radius 3 is 2.81 bits per heavy atom. The maximum atomic E-state index is 12.1. The molecule has 0 aliphatic carbocycles. The summed E-state index contributed by atoms with van der Waals surface area (Å²) in [7, 11) is 0. The Bertz CT molecular complexity index is 510. The molecule has 1 unspecified atom stereocenters. The molecule has 112 valence electrons. The second-order valence-corrected chi connectivity index (χ2v) is 6.46. The average Bonchev–Trinajstić information content (AvgIpc) is 2.54. The molecule has 1 atom stereocenters. The van der Waals surface area contributed by atoms with Crippen molar-refractivity contribution in [3.63, 3.8) is 0 Å². The predicted molar refractivity (Wildman–Crippen MR) is 87.5 cm³/mol. The van der Waals surface area contributed by atoms with Gasteiger partial charge in [-0.15, -0.1) is 0 Å². The van der Waals surface area contributed by atoms with Crippen LogP contribution in [-0.2, 0) is 0 Å². The highest BCUT2D eigenvalue weighted by atomic mass is 32.2. The van der Waals surface area contributed by atoms with Crippen LogP contribution >= 0.6 is 11.8 Å². The summed E-state index contributed by atoms with van der Waals surface area (Å²) in [5.74, 6) is 7.01. The normalized spacial score (nSPS) is 17.7. The number of aliphatic hydroxyl groups excluding tert-OH is 1. The van der Waals surface area contributed by atoms with Crippen LogP contribution in [0.25, 0.3) is 0 Å². The fourth-order valence-corrected chi connectivity index (χ4v) is 3.44.